The van der Waals surface area contributed by atoms with E-state index in [1.54, 1.807) is 19.2 Å². The van der Waals surface area contributed by atoms with Crippen molar-refractivity contribution in [2.45, 2.75) is 25.8 Å². The molecule has 1 unspecified atom stereocenters. The minimum absolute atomic E-state index is 0.0234. The second kappa shape index (κ2) is 7.55. The Bertz CT molecular complexity index is 382. The molecule has 3 N–H and O–H groups in total. The molecule has 0 aliphatic rings. The number of ether oxygens (including phenoxy) is 1. The summed E-state index contributed by atoms with van der Waals surface area (Å²) in [7, 11) is 1.55. The minimum atomic E-state index is -0.292. The van der Waals surface area contributed by atoms with Crippen molar-refractivity contribution in [3.63, 3.8) is 0 Å². The van der Waals surface area contributed by atoms with Crippen LogP contribution in [0.4, 0.5) is 10.5 Å². The van der Waals surface area contributed by atoms with Crippen LogP contribution in [0.25, 0.3) is 0 Å². The summed E-state index contributed by atoms with van der Waals surface area (Å²) in [5.41, 5.74) is 0.622. The van der Waals surface area contributed by atoms with Gasteiger partial charge in [-0.3, -0.25) is 0 Å². The first-order chi connectivity index (χ1) is 8.71. The van der Waals surface area contributed by atoms with E-state index in [-0.39, 0.29) is 18.7 Å². The highest BCUT2D eigenvalue weighted by atomic mass is 16.5. The second-order valence-corrected chi connectivity index (χ2v) is 3.92. The van der Waals surface area contributed by atoms with E-state index in [1.165, 1.54) is 0 Å². The standard InChI is InChI=1S/C13H20N2O3/c1-3-10(8-9-16)14-13(17)15-11-6-4-5-7-12(11)18-2/h4-7,10,16H,3,8-9H2,1-2H3,(H2,14,15,17). The van der Waals surface area contributed by atoms with Crippen molar-refractivity contribution in [1.82, 2.24) is 5.32 Å². The van der Waals surface area contributed by atoms with Crippen LogP contribution in [0.1, 0.15) is 19.8 Å². The van der Waals surface area contributed by atoms with Gasteiger partial charge in [-0.05, 0) is 25.0 Å². The molecule has 1 rings (SSSR count). The lowest BCUT2D eigenvalue weighted by atomic mass is 10.2. The molecule has 0 aliphatic carbocycles. The number of aliphatic hydroxyl groups excluding tert-OH is 1. The van der Waals surface area contributed by atoms with E-state index in [0.29, 0.717) is 17.9 Å². The van der Waals surface area contributed by atoms with Crippen LogP contribution in [0, 0.1) is 0 Å². The number of anilines is 1. The van der Waals surface area contributed by atoms with Crippen LogP contribution in [0.5, 0.6) is 5.75 Å². The topological polar surface area (TPSA) is 70.6 Å². The third-order valence-electron chi connectivity index (χ3n) is 2.66. The fraction of sp³-hybridized carbons (Fsp3) is 0.462. The SMILES string of the molecule is CCC(CCO)NC(=O)Nc1ccccc1OC. The summed E-state index contributed by atoms with van der Waals surface area (Å²) in [6, 6.07) is 6.89. The number of aliphatic hydroxyl groups is 1. The van der Waals surface area contributed by atoms with Gasteiger partial charge in [0.2, 0.25) is 0 Å². The summed E-state index contributed by atoms with van der Waals surface area (Å²) in [5.74, 6) is 0.614. The first kappa shape index (κ1) is 14.3. The molecule has 0 saturated heterocycles. The lowest BCUT2D eigenvalue weighted by Crippen LogP contribution is -2.38. The van der Waals surface area contributed by atoms with Gasteiger partial charge >= 0.3 is 6.03 Å². The maximum atomic E-state index is 11.8. The predicted octanol–water partition coefficient (Wildman–Crippen LogP) is 1.98. The molecule has 2 amide bonds. The Labute approximate surface area is 107 Å². The van der Waals surface area contributed by atoms with Crippen molar-refractivity contribution < 1.29 is 14.6 Å². The zero-order valence-electron chi connectivity index (χ0n) is 10.8. The Hall–Kier alpha value is -1.75. The zero-order valence-corrected chi connectivity index (χ0v) is 10.8. The molecular weight excluding hydrogens is 232 g/mol. The molecule has 0 fully saturated rings. The van der Waals surface area contributed by atoms with Gasteiger partial charge in [0.25, 0.3) is 0 Å². The monoisotopic (exact) mass is 252 g/mol. The normalized spacial score (nSPS) is 11.7. The van der Waals surface area contributed by atoms with E-state index >= 15 is 0 Å². The summed E-state index contributed by atoms with van der Waals surface area (Å²) in [6.45, 7) is 2.02. The van der Waals surface area contributed by atoms with Gasteiger partial charge in [0.05, 0.1) is 12.8 Å². The fourth-order valence-electron chi connectivity index (χ4n) is 1.63. The van der Waals surface area contributed by atoms with Gasteiger partial charge in [-0.25, -0.2) is 4.79 Å². The van der Waals surface area contributed by atoms with E-state index in [1.807, 2.05) is 19.1 Å². The summed E-state index contributed by atoms with van der Waals surface area (Å²) in [5, 5.41) is 14.4. The van der Waals surface area contributed by atoms with E-state index in [0.717, 1.165) is 6.42 Å². The molecule has 100 valence electrons. The average molecular weight is 252 g/mol. The number of urea groups is 1. The fourth-order valence-corrected chi connectivity index (χ4v) is 1.63. The van der Waals surface area contributed by atoms with Gasteiger partial charge in [0.1, 0.15) is 5.75 Å². The van der Waals surface area contributed by atoms with Gasteiger partial charge in [-0.15, -0.1) is 0 Å². The van der Waals surface area contributed by atoms with Gasteiger partial charge < -0.3 is 20.5 Å². The molecule has 0 aliphatic heterocycles. The highest BCUT2D eigenvalue weighted by Crippen LogP contribution is 2.22. The van der Waals surface area contributed by atoms with Crippen molar-refractivity contribution in [1.29, 1.82) is 0 Å². The van der Waals surface area contributed by atoms with Crippen molar-refractivity contribution in [3.05, 3.63) is 24.3 Å². The number of methoxy groups -OCH3 is 1. The van der Waals surface area contributed by atoms with E-state index in [9.17, 15) is 4.79 Å². The molecular formula is C13H20N2O3. The Morgan fingerprint density at radius 1 is 1.44 bits per heavy atom. The molecule has 1 atom stereocenters. The van der Waals surface area contributed by atoms with E-state index < -0.39 is 0 Å². The maximum Gasteiger partial charge on any atom is 0.319 e. The van der Waals surface area contributed by atoms with Gasteiger partial charge in [0, 0.05) is 12.6 Å². The smallest absolute Gasteiger partial charge is 0.319 e. The first-order valence-corrected chi connectivity index (χ1v) is 6.02. The number of benzene rings is 1. The number of amides is 2. The van der Waals surface area contributed by atoms with E-state index in [4.69, 9.17) is 9.84 Å². The molecule has 0 radical (unpaired) electrons. The Morgan fingerprint density at radius 3 is 2.78 bits per heavy atom. The van der Waals surface area contributed by atoms with Crippen molar-refractivity contribution in [3.8, 4) is 5.75 Å². The third-order valence-corrected chi connectivity index (χ3v) is 2.66. The number of hydrogen-bond acceptors (Lipinski definition) is 3. The van der Waals surface area contributed by atoms with Crippen LogP contribution in [-0.4, -0.2) is 30.9 Å². The number of para-hydroxylation sites is 2. The maximum absolute atomic E-state index is 11.8. The van der Waals surface area contributed by atoms with E-state index in [2.05, 4.69) is 10.6 Å². The van der Waals surface area contributed by atoms with Gasteiger partial charge in [-0.1, -0.05) is 19.1 Å². The second-order valence-electron chi connectivity index (χ2n) is 3.92. The van der Waals surface area contributed by atoms with Gasteiger partial charge in [-0.2, -0.15) is 0 Å². The van der Waals surface area contributed by atoms with Crippen LogP contribution in [0.3, 0.4) is 0 Å². The van der Waals surface area contributed by atoms with Gasteiger partial charge in [0.15, 0.2) is 0 Å². The van der Waals surface area contributed by atoms with Crippen molar-refractivity contribution >= 4 is 11.7 Å². The van der Waals surface area contributed by atoms with Crippen LogP contribution in [0.2, 0.25) is 0 Å². The number of hydrogen-bond donors (Lipinski definition) is 3. The summed E-state index contributed by atoms with van der Waals surface area (Å²) in [4.78, 5) is 11.8. The third kappa shape index (κ3) is 4.25. The number of nitrogens with one attached hydrogen (secondary N) is 2. The minimum Gasteiger partial charge on any atom is -0.495 e. The number of carbonyl (C=O) groups is 1. The molecule has 1 aromatic rings. The molecule has 0 aromatic heterocycles. The summed E-state index contributed by atoms with van der Waals surface area (Å²) < 4.78 is 5.14. The summed E-state index contributed by atoms with van der Waals surface area (Å²) in [6.07, 6.45) is 1.33. The number of rotatable bonds is 6. The highest BCUT2D eigenvalue weighted by Gasteiger charge is 2.11. The molecule has 1 aromatic carbocycles. The highest BCUT2D eigenvalue weighted by molar-refractivity contribution is 5.91. The van der Waals surface area contributed by atoms with Crippen LogP contribution in [-0.2, 0) is 0 Å². The molecule has 0 saturated carbocycles. The molecule has 0 bridgehead atoms. The lowest BCUT2D eigenvalue weighted by Gasteiger charge is -2.17. The van der Waals surface area contributed by atoms with Crippen molar-refractivity contribution in [2.75, 3.05) is 19.0 Å². The number of carbonyl (C=O) groups excluding carboxylic acids is 1. The molecule has 5 heteroatoms. The Kier molecular flexibility index (Phi) is 6.00. The Balaban J connectivity index is 2.58. The lowest BCUT2D eigenvalue weighted by molar-refractivity contribution is 0.237. The first-order valence-electron chi connectivity index (χ1n) is 6.02. The average Bonchev–Trinajstić information content (AvgIpc) is 2.38. The predicted molar refractivity (Wildman–Crippen MR) is 70.9 cm³/mol. The van der Waals surface area contributed by atoms with Crippen LogP contribution < -0.4 is 15.4 Å². The molecule has 0 spiro atoms. The molecule has 18 heavy (non-hydrogen) atoms. The largest absolute Gasteiger partial charge is 0.495 e. The van der Waals surface area contributed by atoms with Crippen LogP contribution in [0.15, 0.2) is 24.3 Å². The van der Waals surface area contributed by atoms with Crippen LogP contribution >= 0.6 is 0 Å². The molecule has 5 nitrogen and oxygen atoms in total. The summed E-state index contributed by atoms with van der Waals surface area (Å²) >= 11 is 0. The quantitative estimate of drug-likeness (QED) is 0.725. The van der Waals surface area contributed by atoms with Crippen molar-refractivity contribution in [2.24, 2.45) is 0 Å². The zero-order chi connectivity index (χ0) is 13.4. The Morgan fingerprint density at radius 2 is 2.17 bits per heavy atom. The molecule has 0 heterocycles.